The Morgan fingerprint density at radius 3 is 2.95 bits per heavy atom. The molecule has 2 aromatic rings. The van der Waals surface area contributed by atoms with Crippen LogP contribution < -0.4 is 0 Å². The van der Waals surface area contributed by atoms with Crippen molar-refractivity contribution in [3.63, 3.8) is 0 Å². The van der Waals surface area contributed by atoms with Gasteiger partial charge in [0, 0.05) is 5.71 Å². The van der Waals surface area contributed by atoms with E-state index in [1.54, 1.807) is 29.8 Å². The third-order valence-electron chi connectivity index (χ3n) is 2.80. The fraction of sp³-hybridized carbons (Fsp3) is 0.214. The summed E-state index contributed by atoms with van der Waals surface area (Å²) in [7, 11) is 0. The minimum Gasteiger partial charge on any atom is -0.454 e. The van der Waals surface area contributed by atoms with Gasteiger partial charge in [0.15, 0.2) is 12.4 Å². The topological polar surface area (TPSA) is 104 Å². The number of nitriles is 1. The van der Waals surface area contributed by atoms with E-state index in [4.69, 9.17) is 15.4 Å². The van der Waals surface area contributed by atoms with Gasteiger partial charge < -0.3 is 10.1 Å². The Labute approximate surface area is 124 Å². The van der Waals surface area contributed by atoms with Gasteiger partial charge in [0.05, 0.1) is 27.4 Å². The summed E-state index contributed by atoms with van der Waals surface area (Å²) in [6, 6.07) is 6.62. The number of rotatable bonds is 5. The summed E-state index contributed by atoms with van der Waals surface area (Å²) < 4.78 is 5.74. The summed E-state index contributed by atoms with van der Waals surface area (Å²) in [4.78, 5) is 27.6. The largest absolute Gasteiger partial charge is 0.454 e. The van der Waals surface area contributed by atoms with E-state index in [0.717, 1.165) is 10.2 Å². The van der Waals surface area contributed by atoms with Gasteiger partial charge in [-0.25, -0.2) is 9.78 Å². The number of thiazole rings is 1. The van der Waals surface area contributed by atoms with Gasteiger partial charge in [0.25, 0.3) is 0 Å². The van der Waals surface area contributed by atoms with E-state index in [2.05, 4.69) is 4.98 Å². The fourth-order valence-electron chi connectivity index (χ4n) is 1.70. The van der Waals surface area contributed by atoms with Gasteiger partial charge in [-0.2, -0.15) is 5.26 Å². The monoisotopic (exact) mass is 301 g/mol. The molecule has 1 N–H and O–H groups in total. The molecular weight excluding hydrogens is 290 g/mol. The minimum absolute atomic E-state index is 0.0652. The van der Waals surface area contributed by atoms with Crippen molar-refractivity contribution in [3.05, 3.63) is 29.3 Å². The van der Waals surface area contributed by atoms with Crippen LogP contribution in [0.3, 0.4) is 0 Å². The van der Waals surface area contributed by atoms with Gasteiger partial charge in [0.1, 0.15) is 5.92 Å². The molecule has 7 heteroatoms. The maximum atomic E-state index is 11.9. The fourth-order valence-corrected chi connectivity index (χ4v) is 2.41. The molecule has 0 aliphatic carbocycles. The number of nitrogens with one attached hydrogen (secondary N) is 1. The third-order valence-corrected chi connectivity index (χ3v) is 3.59. The number of ether oxygens (including phenoxy) is 1. The normalized spacial score (nSPS) is 11.6. The minimum atomic E-state index is -1.17. The first-order valence-electron chi connectivity index (χ1n) is 6.00. The smallest absolute Gasteiger partial charge is 0.338 e. The van der Waals surface area contributed by atoms with Crippen LogP contribution in [0.4, 0.5) is 0 Å². The van der Waals surface area contributed by atoms with Gasteiger partial charge in [-0.3, -0.25) is 4.79 Å². The van der Waals surface area contributed by atoms with E-state index in [9.17, 15) is 9.59 Å². The van der Waals surface area contributed by atoms with Gasteiger partial charge >= 0.3 is 5.97 Å². The maximum Gasteiger partial charge on any atom is 0.338 e. The van der Waals surface area contributed by atoms with E-state index >= 15 is 0 Å². The number of fused-ring (bicyclic) bond motifs is 1. The van der Waals surface area contributed by atoms with Crippen molar-refractivity contribution in [1.82, 2.24) is 4.98 Å². The molecule has 0 radical (unpaired) electrons. The molecule has 1 aromatic heterocycles. The summed E-state index contributed by atoms with van der Waals surface area (Å²) >= 11 is 1.40. The molecule has 1 aromatic carbocycles. The summed E-state index contributed by atoms with van der Waals surface area (Å²) in [5, 5.41) is 16.1. The molecule has 0 aliphatic rings. The molecular formula is C14H11N3O3S. The van der Waals surface area contributed by atoms with Gasteiger partial charge in [0.2, 0.25) is 0 Å². The Hall–Kier alpha value is -2.59. The van der Waals surface area contributed by atoms with Crippen molar-refractivity contribution < 1.29 is 14.3 Å². The Bertz CT molecular complexity index is 760. The molecule has 1 atom stereocenters. The van der Waals surface area contributed by atoms with Crippen LogP contribution in [-0.2, 0) is 9.53 Å². The summed E-state index contributed by atoms with van der Waals surface area (Å²) in [5.41, 5.74) is 2.72. The molecule has 6 nitrogen and oxygen atoms in total. The molecule has 2 rings (SSSR count). The first-order chi connectivity index (χ1) is 10.0. The quantitative estimate of drug-likeness (QED) is 0.673. The number of benzene rings is 1. The number of hydrogen-bond donors (Lipinski definition) is 1. The van der Waals surface area contributed by atoms with Crippen molar-refractivity contribution in [2.75, 3.05) is 6.61 Å². The average Bonchev–Trinajstić information content (AvgIpc) is 2.92. The molecule has 106 valence electrons. The number of ketones is 1. The van der Waals surface area contributed by atoms with Crippen LogP contribution in [0.2, 0.25) is 0 Å². The van der Waals surface area contributed by atoms with Crippen molar-refractivity contribution in [1.29, 1.82) is 10.7 Å². The zero-order valence-electron chi connectivity index (χ0n) is 11.1. The van der Waals surface area contributed by atoms with E-state index in [-0.39, 0.29) is 5.71 Å². The predicted octanol–water partition coefficient (Wildman–Crippen LogP) is 2.20. The summed E-state index contributed by atoms with van der Waals surface area (Å²) in [5.74, 6) is -2.41. The standard InChI is InChI=1S/C14H11N3O3S/c1-8(16)10(5-15)12(18)6-20-14(19)9-2-3-11-13(4-9)21-7-17-11/h2-4,7,10,16H,6H2,1H3. The van der Waals surface area contributed by atoms with E-state index in [0.29, 0.717) is 5.56 Å². The highest BCUT2D eigenvalue weighted by molar-refractivity contribution is 7.16. The van der Waals surface area contributed by atoms with Crippen molar-refractivity contribution in [2.45, 2.75) is 6.92 Å². The number of carbonyl (C=O) groups is 2. The number of esters is 1. The van der Waals surface area contributed by atoms with Crippen LogP contribution in [-0.4, -0.2) is 29.1 Å². The van der Waals surface area contributed by atoms with Gasteiger partial charge in [-0.15, -0.1) is 11.3 Å². The number of nitrogens with zero attached hydrogens (tertiary/aromatic N) is 2. The zero-order chi connectivity index (χ0) is 15.4. The SMILES string of the molecule is CC(=N)C(C#N)C(=O)COC(=O)c1ccc2ncsc2c1. The van der Waals surface area contributed by atoms with E-state index < -0.39 is 24.3 Å². The zero-order valence-corrected chi connectivity index (χ0v) is 11.9. The molecule has 21 heavy (non-hydrogen) atoms. The van der Waals surface area contributed by atoms with Crippen LogP contribution in [0, 0.1) is 22.7 Å². The van der Waals surface area contributed by atoms with Crippen LogP contribution in [0.1, 0.15) is 17.3 Å². The lowest BCUT2D eigenvalue weighted by molar-refractivity contribution is -0.122. The molecule has 0 saturated heterocycles. The Morgan fingerprint density at radius 2 is 2.29 bits per heavy atom. The van der Waals surface area contributed by atoms with Gasteiger partial charge in [-0.1, -0.05) is 0 Å². The number of hydrogen-bond acceptors (Lipinski definition) is 7. The maximum absolute atomic E-state index is 11.9. The van der Waals surface area contributed by atoms with Crippen LogP contribution in [0.25, 0.3) is 10.2 Å². The lowest BCUT2D eigenvalue weighted by Crippen LogP contribution is -2.25. The first kappa shape index (κ1) is 14.8. The molecule has 0 amide bonds. The first-order valence-corrected chi connectivity index (χ1v) is 6.88. The summed E-state index contributed by atoms with van der Waals surface area (Å²) in [6.45, 7) is 0.847. The highest BCUT2D eigenvalue weighted by atomic mass is 32.1. The number of Topliss-reactive ketones (excluding diaryl/α,β-unsaturated/α-hetero) is 1. The Balaban J connectivity index is 2.03. The second-order valence-electron chi connectivity index (χ2n) is 4.32. The molecule has 0 saturated carbocycles. The molecule has 0 bridgehead atoms. The van der Waals surface area contributed by atoms with Gasteiger partial charge in [-0.05, 0) is 25.1 Å². The molecule has 1 heterocycles. The Kier molecular flexibility index (Phi) is 4.40. The van der Waals surface area contributed by atoms with Crippen molar-refractivity contribution in [3.8, 4) is 6.07 Å². The van der Waals surface area contributed by atoms with E-state index in [1.807, 2.05) is 0 Å². The number of aromatic nitrogens is 1. The highest BCUT2D eigenvalue weighted by Gasteiger charge is 2.21. The molecule has 0 fully saturated rings. The van der Waals surface area contributed by atoms with Crippen LogP contribution >= 0.6 is 11.3 Å². The predicted molar refractivity (Wildman–Crippen MR) is 77.4 cm³/mol. The summed E-state index contributed by atoms with van der Waals surface area (Å²) in [6.07, 6.45) is 0. The lowest BCUT2D eigenvalue weighted by Gasteiger charge is -2.07. The van der Waals surface area contributed by atoms with Crippen molar-refractivity contribution in [2.24, 2.45) is 5.92 Å². The highest BCUT2D eigenvalue weighted by Crippen LogP contribution is 2.19. The van der Waals surface area contributed by atoms with Crippen molar-refractivity contribution >= 4 is 39.0 Å². The molecule has 0 spiro atoms. The second-order valence-corrected chi connectivity index (χ2v) is 5.21. The Morgan fingerprint density at radius 1 is 1.52 bits per heavy atom. The van der Waals surface area contributed by atoms with E-state index in [1.165, 1.54) is 18.3 Å². The van der Waals surface area contributed by atoms with Crippen LogP contribution in [0.15, 0.2) is 23.7 Å². The number of carbonyl (C=O) groups excluding carboxylic acids is 2. The second kappa shape index (κ2) is 6.24. The molecule has 1 unspecified atom stereocenters. The third kappa shape index (κ3) is 3.30. The van der Waals surface area contributed by atoms with Crippen LogP contribution in [0.5, 0.6) is 0 Å². The lowest BCUT2D eigenvalue weighted by atomic mass is 10.0. The average molecular weight is 301 g/mol. The molecule has 0 aliphatic heterocycles.